The number of halogens is 2. The molecule has 0 amide bonds. The van der Waals surface area contributed by atoms with Crippen molar-refractivity contribution in [2.45, 2.75) is 6.42 Å². The van der Waals surface area contributed by atoms with Crippen LogP contribution in [0.25, 0.3) is 11.0 Å². The Balaban J connectivity index is 1.74. The first-order valence-electron chi connectivity index (χ1n) is 8.02. The van der Waals surface area contributed by atoms with Gasteiger partial charge < -0.3 is 15.5 Å². The van der Waals surface area contributed by atoms with Gasteiger partial charge in [0.2, 0.25) is 0 Å². The van der Waals surface area contributed by atoms with Crippen molar-refractivity contribution < 1.29 is 13.5 Å². The summed E-state index contributed by atoms with van der Waals surface area (Å²) in [7, 11) is 0. The maximum absolute atomic E-state index is 14.1. The number of hydrogen-bond donors (Lipinski definition) is 2. The van der Waals surface area contributed by atoms with Gasteiger partial charge in [-0.1, -0.05) is 12.1 Å². The molecule has 3 N–H and O–H groups in total. The van der Waals surface area contributed by atoms with Crippen molar-refractivity contribution in [2.75, 3.05) is 5.73 Å². The van der Waals surface area contributed by atoms with E-state index >= 15 is 0 Å². The van der Waals surface area contributed by atoms with E-state index < -0.39 is 5.82 Å². The Morgan fingerprint density at radius 3 is 2.73 bits per heavy atom. The average Bonchev–Trinajstić information content (AvgIpc) is 3.01. The zero-order valence-electron chi connectivity index (χ0n) is 13.7. The molecule has 0 unspecified atom stereocenters. The first-order chi connectivity index (χ1) is 12.6. The molecule has 2 aromatic heterocycles. The van der Waals surface area contributed by atoms with Crippen molar-refractivity contribution in [3.63, 3.8) is 0 Å². The number of nitrogens with two attached hydrogens (primary N) is 1. The second-order valence-electron chi connectivity index (χ2n) is 5.95. The number of benzene rings is 2. The predicted molar refractivity (Wildman–Crippen MR) is 96.2 cm³/mol. The summed E-state index contributed by atoms with van der Waals surface area (Å²) in [5.41, 5.74) is 8.21. The van der Waals surface area contributed by atoms with Crippen molar-refractivity contribution in [1.29, 1.82) is 0 Å². The van der Waals surface area contributed by atoms with Crippen LogP contribution in [-0.4, -0.2) is 9.97 Å². The van der Waals surface area contributed by atoms with Gasteiger partial charge in [0.25, 0.3) is 0 Å². The van der Waals surface area contributed by atoms with Crippen LogP contribution in [-0.2, 0) is 6.42 Å². The molecule has 0 saturated heterocycles. The van der Waals surface area contributed by atoms with Crippen molar-refractivity contribution in [3.8, 4) is 11.5 Å². The lowest BCUT2D eigenvalue weighted by Gasteiger charge is -2.10. The van der Waals surface area contributed by atoms with Crippen LogP contribution in [0.2, 0.25) is 0 Å². The first-order valence-corrected chi connectivity index (χ1v) is 8.02. The summed E-state index contributed by atoms with van der Waals surface area (Å²) in [5.74, 6) is -0.297. The Morgan fingerprint density at radius 2 is 1.92 bits per heavy atom. The molecule has 6 heteroatoms. The summed E-state index contributed by atoms with van der Waals surface area (Å²) in [6.45, 7) is 0. The zero-order valence-corrected chi connectivity index (χ0v) is 13.7. The van der Waals surface area contributed by atoms with Gasteiger partial charge in [0.1, 0.15) is 17.2 Å². The molecule has 0 bridgehead atoms. The van der Waals surface area contributed by atoms with Gasteiger partial charge in [-0.05, 0) is 47.9 Å². The van der Waals surface area contributed by atoms with E-state index in [-0.39, 0.29) is 11.6 Å². The lowest BCUT2D eigenvalue weighted by Crippen LogP contribution is -1.94. The van der Waals surface area contributed by atoms with Gasteiger partial charge in [0, 0.05) is 24.1 Å². The molecule has 4 nitrogen and oxygen atoms in total. The Morgan fingerprint density at radius 1 is 1.04 bits per heavy atom. The molecule has 0 spiro atoms. The van der Waals surface area contributed by atoms with Crippen LogP contribution in [0.1, 0.15) is 11.1 Å². The summed E-state index contributed by atoms with van der Waals surface area (Å²) in [6, 6.07) is 12.3. The summed E-state index contributed by atoms with van der Waals surface area (Å²) < 4.78 is 33.3. The molecule has 0 aliphatic heterocycles. The van der Waals surface area contributed by atoms with Gasteiger partial charge in [0.05, 0.1) is 5.39 Å². The van der Waals surface area contributed by atoms with Crippen LogP contribution in [0.3, 0.4) is 0 Å². The third kappa shape index (κ3) is 3.09. The summed E-state index contributed by atoms with van der Waals surface area (Å²) in [6.07, 6.45) is 3.87. The first kappa shape index (κ1) is 16.1. The molecule has 26 heavy (non-hydrogen) atoms. The maximum Gasteiger partial charge on any atom is 0.167 e. The highest BCUT2D eigenvalue weighted by atomic mass is 19.1. The maximum atomic E-state index is 14.1. The van der Waals surface area contributed by atoms with E-state index in [1.165, 1.54) is 24.3 Å². The number of ether oxygens (including phenoxy) is 1. The van der Waals surface area contributed by atoms with Gasteiger partial charge >= 0.3 is 0 Å². The minimum absolute atomic E-state index is 0.0737. The number of anilines is 1. The fourth-order valence-corrected chi connectivity index (χ4v) is 2.90. The van der Waals surface area contributed by atoms with Gasteiger partial charge in [-0.3, -0.25) is 0 Å². The second-order valence-corrected chi connectivity index (χ2v) is 5.95. The standard InChI is InChI=1S/C20H15F2N3O/c21-14-3-1-2-12(9-14)8-13-11-25-20-19(13)18(6-7-24-20)26-17-5-4-15(23)10-16(17)22/h1-7,9-11H,8,23H2,(H,24,25). The molecule has 0 fully saturated rings. The van der Waals surface area contributed by atoms with Gasteiger partial charge in [-0.25, -0.2) is 13.8 Å². The van der Waals surface area contributed by atoms with Crippen LogP contribution in [0, 0.1) is 11.6 Å². The molecule has 0 radical (unpaired) electrons. The topological polar surface area (TPSA) is 63.9 Å². The number of aromatic amines is 1. The van der Waals surface area contributed by atoms with Crippen LogP contribution >= 0.6 is 0 Å². The molecule has 4 rings (SSSR count). The number of rotatable bonds is 4. The molecular formula is C20H15F2N3O. The van der Waals surface area contributed by atoms with Gasteiger partial charge in [0.15, 0.2) is 11.6 Å². The number of nitrogens with zero attached hydrogens (tertiary/aromatic N) is 1. The highest BCUT2D eigenvalue weighted by Gasteiger charge is 2.14. The number of nitrogens with one attached hydrogen (secondary N) is 1. The third-order valence-corrected chi connectivity index (χ3v) is 4.08. The molecule has 2 aromatic carbocycles. The minimum atomic E-state index is -0.544. The number of aromatic nitrogens is 2. The number of hydrogen-bond acceptors (Lipinski definition) is 3. The summed E-state index contributed by atoms with van der Waals surface area (Å²) in [5, 5.41) is 0.730. The Hall–Kier alpha value is -3.41. The quantitative estimate of drug-likeness (QED) is 0.519. The number of H-pyrrole nitrogens is 1. The number of pyridine rings is 1. The predicted octanol–water partition coefficient (Wildman–Crippen LogP) is 4.81. The van der Waals surface area contributed by atoms with E-state index in [9.17, 15) is 8.78 Å². The van der Waals surface area contributed by atoms with Gasteiger partial charge in [-0.15, -0.1) is 0 Å². The van der Waals surface area contributed by atoms with E-state index in [1.54, 1.807) is 30.6 Å². The van der Waals surface area contributed by atoms with E-state index in [0.29, 0.717) is 23.5 Å². The molecule has 0 saturated carbocycles. The van der Waals surface area contributed by atoms with E-state index in [1.807, 2.05) is 6.07 Å². The van der Waals surface area contributed by atoms with E-state index in [4.69, 9.17) is 10.5 Å². The molecular weight excluding hydrogens is 336 g/mol. The minimum Gasteiger partial charge on any atom is -0.453 e. The average molecular weight is 351 g/mol. The fraction of sp³-hybridized carbons (Fsp3) is 0.0500. The van der Waals surface area contributed by atoms with Crippen LogP contribution < -0.4 is 10.5 Å². The van der Waals surface area contributed by atoms with Crippen molar-refractivity contribution in [2.24, 2.45) is 0 Å². The monoisotopic (exact) mass is 351 g/mol. The van der Waals surface area contributed by atoms with Crippen molar-refractivity contribution >= 4 is 16.7 Å². The van der Waals surface area contributed by atoms with Crippen molar-refractivity contribution in [3.05, 3.63) is 83.7 Å². The largest absolute Gasteiger partial charge is 0.453 e. The smallest absolute Gasteiger partial charge is 0.167 e. The normalized spacial score (nSPS) is 11.0. The second kappa shape index (κ2) is 6.48. The fourth-order valence-electron chi connectivity index (χ4n) is 2.90. The SMILES string of the molecule is Nc1ccc(Oc2ccnc3[nH]cc(Cc4cccc(F)c4)c23)c(F)c1. The van der Waals surface area contributed by atoms with E-state index in [0.717, 1.165) is 16.5 Å². The summed E-state index contributed by atoms with van der Waals surface area (Å²) >= 11 is 0. The molecule has 130 valence electrons. The molecule has 0 aliphatic rings. The van der Waals surface area contributed by atoms with Crippen LogP contribution in [0.15, 0.2) is 60.9 Å². The highest BCUT2D eigenvalue weighted by molar-refractivity contribution is 5.87. The van der Waals surface area contributed by atoms with Gasteiger partial charge in [-0.2, -0.15) is 0 Å². The molecule has 4 aromatic rings. The van der Waals surface area contributed by atoms with E-state index in [2.05, 4.69) is 9.97 Å². The van der Waals surface area contributed by atoms with Crippen LogP contribution in [0.5, 0.6) is 11.5 Å². The van der Waals surface area contributed by atoms with Crippen molar-refractivity contribution in [1.82, 2.24) is 9.97 Å². The Kier molecular flexibility index (Phi) is 4.01. The zero-order chi connectivity index (χ0) is 18.1. The summed E-state index contributed by atoms with van der Waals surface area (Å²) in [4.78, 5) is 7.35. The van der Waals surface area contributed by atoms with Crippen LogP contribution in [0.4, 0.5) is 14.5 Å². The third-order valence-electron chi connectivity index (χ3n) is 4.08. The Bertz CT molecular complexity index is 1090. The molecule has 0 aliphatic carbocycles. The number of fused-ring (bicyclic) bond motifs is 1. The molecule has 2 heterocycles. The highest BCUT2D eigenvalue weighted by Crippen LogP contribution is 2.33. The molecule has 0 atom stereocenters. The number of nitrogen functional groups attached to an aromatic ring is 1. The lowest BCUT2D eigenvalue weighted by molar-refractivity contribution is 0.446. The Labute approximate surface area is 148 Å². The lowest BCUT2D eigenvalue weighted by atomic mass is 10.0.